The third-order valence-electron chi connectivity index (χ3n) is 3.32. The maximum absolute atomic E-state index is 6.31. The third-order valence-corrected chi connectivity index (χ3v) is 8.48. The summed E-state index contributed by atoms with van der Waals surface area (Å²) in [6.45, 7) is 0. The summed E-state index contributed by atoms with van der Waals surface area (Å²) in [6, 6.07) is 18.9. The first-order chi connectivity index (χ1) is 8.67. The molecular weight excluding hydrogens is 281 g/mol. The Balaban J connectivity index is 2.16. The molecule has 0 radical (unpaired) electrons. The number of para-hydroxylation sites is 1. The molecule has 3 rings (SSSR count). The van der Waals surface area contributed by atoms with Crippen LogP contribution in [-0.2, 0) is 0 Å². The Kier molecular flexibility index (Phi) is 2.79. The summed E-state index contributed by atoms with van der Waals surface area (Å²) in [5, 5.41) is 0. The normalized spacial score (nSPS) is 16.4. The number of hydrogen-bond acceptors (Lipinski definition) is 1. The zero-order valence-electron chi connectivity index (χ0n) is 10.7. The molecule has 0 unspecified atom stereocenters. The van der Waals surface area contributed by atoms with Crippen LogP contribution in [0.3, 0.4) is 0 Å². The van der Waals surface area contributed by atoms with Gasteiger partial charge in [0.25, 0.3) is 0 Å². The van der Waals surface area contributed by atoms with E-state index in [9.17, 15) is 0 Å². The van der Waals surface area contributed by atoms with Crippen molar-refractivity contribution in [3.05, 3.63) is 65.7 Å². The molecule has 0 fully saturated rings. The van der Waals surface area contributed by atoms with Gasteiger partial charge in [-0.2, -0.15) is 0 Å². The van der Waals surface area contributed by atoms with E-state index in [0.717, 1.165) is 5.75 Å². The molecule has 1 aliphatic rings. The van der Waals surface area contributed by atoms with Crippen molar-refractivity contribution < 1.29 is 3.76 Å². The van der Waals surface area contributed by atoms with E-state index in [2.05, 4.69) is 66.1 Å². The Morgan fingerprint density at radius 2 is 1.50 bits per heavy atom. The fraction of sp³-hybridized carbons (Fsp3) is 0.125. The summed E-state index contributed by atoms with van der Waals surface area (Å²) < 4.78 is 7.72. The summed E-state index contributed by atoms with van der Waals surface area (Å²) in [5.41, 5.74) is 2.50. The first kappa shape index (κ1) is 11.6. The molecule has 0 bridgehead atoms. The summed E-state index contributed by atoms with van der Waals surface area (Å²) in [4.78, 5) is 0. The van der Waals surface area contributed by atoms with Gasteiger partial charge < -0.3 is 0 Å². The number of hydrogen-bond donors (Lipinski definition) is 0. The van der Waals surface area contributed by atoms with Crippen LogP contribution in [0.15, 0.2) is 54.6 Å². The van der Waals surface area contributed by atoms with Gasteiger partial charge in [-0.1, -0.05) is 0 Å². The molecule has 2 heteroatoms. The van der Waals surface area contributed by atoms with E-state index in [4.69, 9.17) is 3.76 Å². The van der Waals surface area contributed by atoms with Gasteiger partial charge in [-0.25, -0.2) is 0 Å². The quantitative estimate of drug-likeness (QED) is 0.710. The molecule has 18 heavy (non-hydrogen) atoms. The molecular formula is C16H16GeO. The van der Waals surface area contributed by atoms with Crippen LogP contribution in [0.25, 0.3) is 10.5 Å². The van der Waals surface area contributed by atoms with Gasteiger partial charge >= 0.3 is 111 Å². The van der Waals surface area contributed by atoms with Crippen LogP contribution in [0, 0.1) is 0 Å². The molecule has 0 saturated heterocycles. The van der Waals surface area contributed by atoms with Gasteiger partial charge in [-0.15, -0.1) is 0 Å². The average Bonchev–Trinajstić information content (AvgIpc) is 2.38. The predicted octanol–water partition coefficient (Wildman–Crippen LogP) is 4.36. The van der Waals surface area contributed by atoms with Gasteiger partial charge in [0.2, 0.25) is 0 Å². The van der Waals surface area contributed by atoms with E-state index in [1.165, 1.54) is 15.5 Å². The van der Waals surface area contributed by atoms with Gasteiger partial charge in [0.1, 0.15) is 0 Å². The summed E-state index contributed by atoms with van der Waals surface area (Å²) >= 11 is -2.40. The Morgan fingerprint density at radius 1 is 0.833 bits per heavy atom. The molecule has 1 heterocycles. The first-order valence-electron chi connectivity index (χ1n) is 6.22. The maximum atomic E-state index is 6.31. The van der Waals surface area contributed by atoms with Crippen molar-refractivity contribution in [1.29, 1.82) is 0 Å². The molecule has 0 aromatic heterocycles. The second kappa shape index (κ2) is 4.32. The van der Waals surface area contributed by atoms with Crippen molar-refractivity contribution in [1.82, 2.24) is 0 Å². The SMILES string of the molecule is [CH3][Ge]1([CH3])[O]c2ccccc2C=[C]1c1ccccc1. The number of benzene rings is 2. The van der Waals surface area contributed by atoms with Crippen molar-refractivity contribution >= 4 is 24.1 Å². The average molecular weight is 297 g/mol. The topological polar surface area (TPSA) is 9.23 Å². The molecule has 0 saturated carbocycles. The molecule has 0 atom stereocenters. The van der Waals surface area contributed by atoms with Gasteiger partial charge in [-0.05, 0) is 0 Å². The first-order valence-corrected chi connectivity index (χ1v) is 12.3. The molecule has 1 nitrogen and oxygen atoms in total. The standard InChI is InChI=1S/C16H16GeO/c1-17(2)15(13-8-4-3-5-9-13)12-14-10-6-7-11-16(14)18-17/h3-12H,1-2H3. The fourth-order valence-electron chi connectivity index (χ4n) is 2.40. The van der Waals surface area contributed by atoms with Crippen LogP contribution in [-0.4, -0.2) is 13.6 Å². The Morgan fingerprint density at radius 3 is 2.28 bits per heavy atom. The Bertz CT molecular complexity index is 600. The monoisotopic (exact) mass is 298 g/mol. The van der Waals surface area contributed by atoms with E-state index < -0.39 is 13.6 Å². The van der Waals surface area contributed by atoms with Gasteiger partial charge in [0, 0.05) is 0 Å². The van der Waals surface area contributed by atoms with E-state index >= 15 is 0 Å². The second-order valence-corrected chi connectivity index (χ2v) is 13.0. The van der Waals surface area contributed by atoms with Crippen molar-refractivity contribution in [3.63, 3.8) is 0 Å². The number of fused-ring (bicyclic) bond motifs is 1. The number of rotatable bonds is 1. The molecule has 0 aliphatic carbocycles. The summed E-state index contributed by atoms with van der Waals surface area (Å²) in [5.74, 6) is 5.64. The minimum absolute atomic E-state index is 1.04. The van der Waals surface area contributed by atoms with Crippen molar-refractivity contribution in [2.24, 2.45) is 0 Å². The molecule has 0 N–H and O–H groups in total. The molecule has 2 aromatic rings. The third kappa shape index (κ3) is 1.99. The van der Waals surface area contributed by atoms with Crippen molar-refractivity contribution in [2.75, 3.05) is 0 Å². The minimum atomic E-state index is -2.40. The van der Waals surface area contributed by atoms with Crippen LogP contribution in [0.1, 0.15) is 11.1 Å². The van der Waals surface area contributed by atoms with Crippen molar-refractivity contribution in [2.45, 2.75) is 11.5 Å². The zero-order chi connectivity index (χ0) is 12.6. The molecule has 0 amide bonds. The fourth-order valence-corrected chi connectivity index (χ4v) is 7.04. The molecule has 0 spiro atoms. The summed E-state index contributed by atoms with van der Waals surface area (Å²) in [7, 11) is 0. The van der Waals surface area contributed by atoms with Gasteiger partial charge in [0.05, 0.1) is 0 Å². The van der Waals surface area contributed by atoms with E-state index in [0.29, 0.717) is 0 Å². The van der Waals surface area contributed by atoms with Crippen molar-refractivity contribution in [3.8, 4) is 5.75 Å². The summed E-state index contributed by atoms with van der Waals surface area (Å²) in [6.07, 6.45) is 2.31. The second-order valence-electron chi connectivity index (χ2n) is 5.07. The van der Waals surface area contributed by atoms with Gasteiger partial charge in [-0.3, -0.25) is 0 Å². The van der Waals surface area contributed by atoms with E-state index in [1.54, 1.807) is 0 Å². The van der Waals surface area contributed by atoms with Crippen LogP contribution in [0.4, 0.5) is 0 Å². The Hall–Kier alpha value is -1.48. The van der Waals surface area contributed by atoms with Crippen LogP contribution >= 0.6 is 0 Å². The molecule has 1 aliphatic heterocycles. The molecule has 90 valence electrons. The van der Waals surface area contributed by atoms with Gasteiger partial charge in [0.15, 0.2) is 0 Å². The van der Waals surface area contributed by atoms with Crippen LogP contribution < -0.4 is 3.76 Å². The predicted molar refractivity (Wildman–Crippen MR) is 78.9 cm³/mol. The zero-order valence-corrected chi connectivity index (χ0v) is 12.8. The van der Waals surface area contributed by atoms with E-state index in [-0.39, 0.29) is 0 Å². The van der Waals surface area contributed by atoms with E-state index in [1.807, 2.05) is 6.07 Å². The van der Waals surface area contributed by atoms with Crippen LogP contribution in [0.2, 0.25) is 11.5 Å². The van der Waals surface area contributed by atoms with Crippen LogP contribution in [0.5, 0.6) is 5.75 Å². The Labute approximate surface area is 111 Å². The molecule has 2 aromatic carbocycles.